The van der Waals surface area contributed by atoms with E-state index < -0.39 is 6.10 Å². The van der Waals surface area contributed by atoms with Crippen LogP contribution in [-0.4, -0.2) is 15.1 Å². The second-order valence-corrected chi connectivity index (χ2v) is 6.81. The molecule has 0 amide bonds. The van der Waals surface area contributed by atoms with Gasteiger partial charge in [0.1, 0.15) is 6.10 Å². The zero-order chi connectivity index (χ0) is 12.5. The monoisotopic (exact) mass is 268 g/mol. The number of thiazole rings is 2. The molecule has 17 heavy (non-hydrogen) atoms. The number of rotatable bonds is 3. The molecule has 2 aromatic rings. The van der Waals surface area contributed by atoms with E-state index in [0.29, 0.717) is 6.42 Å². The minimum Gasteiger partial charge on any atom is -0.386 e. The summed E-state index contributed by atoms with van der Waals surface area (Å²) in [6, 6.07) is 0. The third-order valence-electron chi connectivity index (χ3n) is 2.36. The number of hydrogen-bond donors (Lipinski definition) is 1. The number of aliphatic hydroxyl groups excluding tert-OH is 1. The molecule has 1 unspecified atom stereocenters. The molecule has 5 heteroatoms. The van der Waals surface area contributed by atoms with Crippen LogP contribution in [0, 0.1) is 0 Å². The lowest BCUT2D eigenvalue weighted by atomic mass is 9.98. The summed E-state index contributed by atoms with van der Waals surface area (Å²) in [6.45, 7) is 6.38. The van der Waals surface area contributed by atoms with Crippen LogP contribution < -0.4 is 0 Å². The zero-order valence-corrected chi connectivity index (χ0v) is 11.8. The fourth-order valence-electron chi connectivity index (χ4n) is 1.41. The summed E-state index contributed by atoms with van der Waals surface area (Å²) in [4.78, 5) is 8.68. The number of nitrogens with zero attached hydrogens (tertiary/aromatic N) is 2. The lowest BCUT2D eigenvalue weighted by Crippen LogP contribution is -2.11. The van der Waals surface area contributed by atoms with E-state index in [1.54, 1.807) is 28.9 Å². The smallest absolute Gasteiger partial charge is 0.103 e. The molecule has 0 spiro atoms. The van der Waals surface area contributed by atoms with Crippen molar-refractivity contribution in [1.82, 2.24) is 9.97 Å². The minimum atomic E-state index is -0.548. The van der Waals surface area contributed by atoms with E-state index >= 15 is 0 Å². The SMILES string of the molecule is CC(C)(C)c1nc(C(O)Cc2nccs2)cs1. The maximum absolute atomic E-state index is 10.1. The Kier molecular flexibility index (Phi) is 3.61. The largest absolute Gasteiger partial charge is 0.386 e. The van der Waals surface area contributed by atoms with E-state index in [-0.39, 0.29) is 5.41 Å². The van der Waals surface area contributed by atoms with Crippen LogP contribution in [0.2, 0.25) is 0 Å². The molecule has 1 atom stereocenters. The molecule has 2 aromatic heterocycles. The van der Waals surface area contributed by atoms with Crippen LogP contribution in [0.25, 0.3) is 0 Å². The highest BCUT2D eigenvalue weighted by atomic mass is 32.1. The topological polar surface area (TPSA) is 46.0 Å². The third kappa shape index (κ3) is 3.12. The highest BCUT2D eigenvalue weighted by Crippen LogP contribution is 2.28. The summed E-state index contributed by atoms with van der Waals surface area (Å²) in [5.41, 5.74) is 0.805. The molecular weight excluding hydrogens is 252 g/mol. The van der Waals surface area contributed by atoms with E-state index in [1.165, 1.54) is 0 Å². The molecule has 0 aliphatic carbocycles. The highest BCUT2D eigenvalue weighted by Gasteiger charge is 2.21. The first-order valence-electron chi connectivity index (χ1n) is 5.49. The molecule has 0 saturated heterocycles. The predicted octanol–water partition coefficient (Wildman–Crippen LogP) is 3.17. The summed E-state index contributed by atoms with van der Waals surface area (Å²) >= 11 is 3.17. The van der Waals surface area contributed by atoms with Gasteiger partial charge in [-0.2, -0.15) is 0 Å². The van der Waals surface area contributed by atoms with Crippen LogP contribution in [0.5, 0.6) is 0 Å². The van der Waals surface area contributed by atoms with Crippen LogP contribution >= 0.6 is 22.7 Å². The predicted molar refractivity (Wildman–Crippen MR) is 71.6 cm³/mol. The van der Waals surface area contributed by atoms with Gasteiger partial charge < -0.3 is 5.11 Å². The Morgan fingerprint density at radius 2 is 2.12 bits per heavy atom. The maximum atomic E-state index is 10.1. The van der Waals surface area contributed by atoms with Gasteiger partial charge in [0.15, 0.2) is 0 Å². The average molecular weight is 268 g/mol. The van der Waals surface area contributed by atoms with Crippen molar-refractivity contribution in [2.75, 3.05) is 0 Å². The molecule has 92 valence electrons. The van der Waals surface area contributed by atoms with E-state index in [0.717, 1.165) is 15.7 Å². The lowest BCUT2D eigenvalue weighted by Gasteiger charge is -2.14. The van der Waals surface area contributed by atoms with Gasteiger partial charge in [0.05, 0.1) is 15.7 Å². The molecule has 0 aliphatic heterocycles. The molecular formula is C12H16N2OS2. The van der Waals surface area contributed by atoms with Gasteiger partial charge in [0.2, 0.25) is 0 Å². The average Bonchev–Trinajstić information content (AvgIpc) is 2.85. The Morgan fingerprint density at radius 1 is 1.35 bits per heavy atom. The summed E-state index contributed by atoms with van der Waals surface area (Å²) in [6.07, 6.45) is 1.76. The van der Waals surface area contributed by atoms with E-state index in [9.17, 15) is 5.11 Å². The van der Waals surface area contributed by atoms with Gasteiger partial charge in [-0.25, -0.2) is 9.97 Å². The highest BCUT2D eigenvalue weighted by molar-refractivity contribution is 7.10. The van der Waals surface area contributed by atoms with Crippen LogP contribution in [0.4, 0.5) is 0 Å². The minimum absolute atomic E-state index is 0.0455. The van der Waals surface area contributed by atoms with Gasteiger partial charge >= 0.3 is 0 Å². The van der Waals surface area contributed by atoms with Gasteiger partial charge in [0.25, 0.3) is 0 Å². The van der Waals surface area contributed by atoms with Crippen LogP contribution in [-0.2, 0) is 11.8 Å². The van der Waals surface area contributed by atoms with Crippen molar-refractivity contribution in [2.45, 2.75) is 38.7 Å². The van der Waals surface area contributed by atoms with E-state index in [1.807, 2.05) is 10.8 Å². The molecule has 2 rings (SSSR count). The Balaban J connectivity index is 2.10. The first kappa shape index (κ1) is 12.7. The normalized spacial score (nSPS) is 13.9. The van der Waals surface area contributed by atoms with E-state index in [2.05, 4.69) is 30.7 Å². The number of hydrogen-bond acceptors (Lipinski definition) is 5. The molecule has 0 bridgehead atoms. The molecule has 0 saturated carbocycles. The molecule has 0 aromatic carbocycles. The van der Waals surface area contributed by atoms with Crippen LogP contribution in [0.3, 0.4) is 0 Å². The first-order chi connectivity index (χ1) is 7.97. The second-order valence-electron chi connectivity index (χ2n) is 4.97. The number of aliphatic hydroxyl groups is 1. The van der Waals surface area contributed by atoms with Crippen molar-refractivity contribution in [1.29, 1.82) is 0 Å². The molecule has 2 heterocycles. The maximum Gasteiger partial charge on any atom is 0.103 e. The van der Waals surface area contributed by atoms with Crippen molar-refractivity contribution in [2.24, 2.45) is 0 Å². The van der Waals surface area contributed by atoms with Crippen LogP contribution in [0.1, 0.15) is 42.6 Å². The molecule has 0 radical (unpaired) electrons. The van der Waals surface area contributed by atoms with Crippen molar-refractivity contribution in [3.8, 4) is 0 Å². The van der Waals surface area contributed by atoms with Crippen molar-refractivity contribution >= 4 is 22.7 Å². The fourth-order valence-corrected chi connectivity index (χ4v) is 3.02. The van der Waals surface area contributed by atoms with Crippen LogP contribution in [0.15, 0.2) is 17.0 Å². The molecule has 1 N–H and O–H groups in total. The standard InChI is InChI=1S/C12H16N2OS2/c1-12(2,3)11-14-8(7-17-11)9(15)6-10-13-4-5-16-10/h4-5,7,9,15H,6H2,1-3H3. The van der Waals surface area contributed by atoms with Gasteiger partial charge in [0, 0.05) is 28.8 Å². The Hall–Kier alpha value is -0.780. The zero-order valence-electron chi connectivity index (χ0n) is 10.2. The van der Waals surface area contributed by atoms with E-state index in [4.69, 9.17) is 0 Å². The second kappa shape index (κ2) is 4.84. The third-order valence-corrected chi connectivity index (χ3v) is 4.44. The summed E-state index contributed by atoms with van der Waals surface area (Å²) in [7, 11) is 0. The first-order valence-corrected chi connectivity index (χ1v) is 7.25. The molecule has 0 aliphatic rings. The molecule has 3 nitrogen and oxygen atoms in total. The van der Waals surface area contributed by atoms with Gasteiger partial charge in [-0.05, 0) is 0 Å². The van der Waals surface area contributed by atoms with Gasteiger partial charge in [-0.1, -0.05) is 20.8 Å². The van der Waals surface area contributed by atoms with Crippen molar-refractivity contribution in [3.05, 3.63) is 32.7 Å². The van der Waals surface area contributed by atoms with Crippen molar-refractivity contribution in [3.63, 3.8) is 0 Å². The summed E-state index contributed by atoms with van der Waals surface area (Å²) in [5, 5.41) is 16.0. The van der Waals surface area contributed by atoms with Gasteiger partial charge in [-0.15, -0.1) is 22.7 Å². The molecule has 0 fully saturated rings. The Labute approximate surface area is 109 Å². The quantitative estimate of drug-likeness (QED) is 0.930. The summed E-state index contributed by atoms with van der Waals surface area (Å²) in [5.74, 6) is 0. The van der Waals surface area contributed by atoms with Crippen molar-refractivity contribution < 1.29 is 5.11 Å². The Morgan fingerprint density at radius 3 is 2.65 bits per heavy atom. The van der Waals surface area contributed by atoms with Gasteiger partial charge in [-0.3, -0.25) is 0 Å². The summed E-state index contributed by atoms with van der Waals surface area (Å²) < 4.78 is 0. The number of aromatic nitrogens is 2. The Bertz CT molecular complexity index is 471. The fraction of sp³-hybridized carbons (Fsp3) is 0.500. The lowest BCUT2D eigenvalue weighted by molar-refractivity contribution is 0.174.